The highest BCUT2D eigenvalue weighted by atomic mass is 32.2. The van der Waals surface area contributed by atoms with Gasteiger partial charge in [0.25, 0.3) is 0 Å². The molecule has 2 aromatic carbocycles. The fourth-order valence-corrected chi connectivity index (χ4v) is 5.80. The molecule has 0 radical (unpaired) electrons. The van der Waals surface area contributed by atoms with Crippen molar-refractivity contribution in [3.8, 4) is 0 Å². The normalized spacial score (nSPS) is 17.8. The van der Waals surface area contributed by atoms with Crippen molar-refractivity contribution in [3.63, 3.8) is 0 Å². The number of anilines is 1. The molecule has 1 saturated heterocycles. The molecule has 2 aliphatic rings. The number of carbonyl (C=O) groups excluding carboxylic acids is 1. The summed E-state index contributed by atoms with van der Waals surface area (Å²) < 4.78 is 27.7. The molecule has 0 bridgehead atoms. The van der Waals surface area contributed by atoms with E-state index in [4.69, 9.17) is 0 Å². The van der Waals surface area contributed by atoms with Gasteiger partial charge < -0.3 is 5.32 Å². The molecule has 0 saturated carbocycles. The minimum absolute atomic E-state index is 0.0434. The fraction of sp³-hybridized carbons (Fsp3) is 0.348. The van der Waals surface area contributed by atoms with Crippen LogP contribution in [-0.4, -0.2) is 66.1 Å². The molecule has 0 spiro atoms. The number of carbonyl (C=O) groups is 1. The number of nitrogens with zero attached hydrogens (tertiary/aromatic N) is 4. The van der Waals surface area contributed by atoms with Crippen LogP contribution in [0.1, 0.15) is 28.2 Å². The van der Waals surface area contributed by atoms with E-state index in [1.54, 1.807) is 16.4 Å². The van der Waals surface area contributed by atoms with Gasteiger partial charge in [-0.1, -0.05) is 29.8 Å². The lowest BCUT2D eigenvalue weighted by Crippen LogP contribution is -2.35. The van der Waals surface area contributed by atoms with Crippen molar-refractivity contribution in [2.45, 2.75) is 24.8 Å². The number of hydrogen-bond donors (Lipinski definition) is 1. The Bertz CT molecular complexity index is 1290. The monoisotopic (exact) mass is 451 g/mol. The Kier molecular flexibility index (Phi) is 5.40. The van der Waals surface area contributed by atoms with Crippen LogP contribution in [0.2, 0.25) is 0 Å². The van der Waals surface area contributed by atoms with E-state index in [2.05, 4.69) is 20.2 Å². The van der Waals surface area contributed by atoms with E-state index in [1.165, 1.54) is 0 Å². The van der Waals surface area contributed by atoms with Gasteiger partial charge in [-0.25, -0.2) is 18.4 Å². The molecule has 5 rings (SSSR count). The lowest BCUT2D eigenvalue weighted by Gasteiger charge is -2.22. The zero-order chi connectivity index (χ0) is 22.3. The fourth-order valence-electron chi connectivity index (χ4n) is 4.33. The highest BCUT2D eigenvalue weighted by Gasteiger charge is 2.27. The predicted octanol–water partition coefficient (Wildman–Crippen LogP) is 2.44. The second-order valence-corrected chi connectivity index (χ2v) is 10.2. The maximum Gasteiger partial charge on any atom is 0.243 e. The van der Waals surface area contributed by atoms with E-state index in [0.29, 0.717) is 48.3 Å². The Morgan fingerprint density at radius 1 is 1.00 bits per heavy atom. The SMILES string of the molecule is Cc1ccc(S(=O)(=O)N2CCCN(Cc3nc4c5c(cccc5n3)C(=O)CN4)CC2)cc1. The predicted molar refractivity (Wildman–Crippen MR) is 122 cm³/mol. The number of ketones is 1. The van der Waals surface area contributed by atoms with Gasteiger partial charge in [-0.15, -0.1) is 0 Å². The molecule has 8 nitrogen and oxygen atoms in total. The van der Waals surface area contributed by atoms with Crippen LogP contribution >= 0.6 is 0 Å². The van der Waals surface area contributed by atoms with Gasteiger partial charge in [0.2, 0.25) is 10.0 Å². The third-order valence-electron chi connectivity index (χ3n) is 6.06. The van der Waals surface area contributed by atoms with E-state index < -0.39 is 10.0 Å². The van der Waals surface area contributed by atoms with Crippen LogP contribution in [0, 0.1) is 6.92 Å². The molecule has 3 heterocycles. The Labute approximate surface area is 187 Å². The number of sulfonamides is 1. The molecule has 0 aliphatic carbocycles. The maximum atomic E-state index is 13.1. The minimum Gasteiger partial charge on any atom is -0.362 e. The van der Waals surface area contributed by atoms with Crippen LogP contribution in [0.15, 0.2) is 47.4 Å². The Balaban J connectivity index is 1.33. The van der Waals surface area contributed by atoms with Crippen molar-refractivity contribution < 1.29 is 13.2 Å². The molecule has 9 heteroatoms. The van der Waals surface area contributed by atoms with Gasteiger partial charge in [-0.2, -0.15) is 4.31 Å². The first-order chi connectivity index (χ1) is 15.4. The number of aryl methyl sites for hydroxylation is 1. The minimum atomic E-state index is -3.51. The first-order valence-corrected chi connectivity index (χ1v) is 12.2. The third-order valence-corrected chi connectivity index (χ3v) is 7.97. The van der Waals surface area contributed by atoms with Crippen LogP contribution in [0.25, 0.3) is 10.9 Å². The first kappa shape index (κ1) is 21.0. The maximum absolute atomic E-state index is 13.1. The second kappa shape index (κ2) is 8.23. The van der Waals surface area contributed by atoms with Crippen LogP contribution in [0.5, 0.6) is 0 Å². The number of hydrogen-bond acceptors (Lipinski definition) is 7. The van der Waals surface area contributed by atoms with Gasteiger partial charge in [0.1, 0.15) is 11.6 Å². The first-order valence-electron chi connectivity index (χ1n) is 10.8. The lowest BCUT2D eigenvalue weighted by molar-refractivity contribution is 0.101. The van der Waals surface area contributed by atoms with Gasteiger partial charge in [-0.3, -0.25) is 9.69 Å². The highest BCUT2D eigenvalue weighted by molar-refractivity contribution is 7.89. The van der Waals surface area contributed by atoms with Crippen LogP contribution in [-0.2, 0) is 16.6 Å². The van der Waals surface area contributed by atoms with Crippen molar-refractivity contribution in [3.05, 3.63) is 59.4 Å². The molecular weight excluding hydrogens is 426 g/mol. The van der Waals surface area contributed by atoms with E-state index in [1.807, 2.05) is 37.3 Å². The van der Waals surface area contributed by atoms with Crippen molar-refractivity contribution >= 4 is 32.5 Å². The zero-order valence-corrected chi connectivity index (χ0v) is 18.7. The molecule has 0 amide bonds. The summed E-state index contributed by atoms with van der Waals surface area (Å²) in [6.45, 7) is 4.99. The summed E-state index contributed by atoms with van der Waals surface area (Å²) in [7, 11) is -3.51. The number of nitrogens with one attached hydrogen (secondary N) is 1. The van der Waals surface area contributed by atoms with Crippen molar-refractivity contribution in [2.75, 3.05) is 38.0 Å². The molecular formula is C23H25N5O3S. The largest absolute Gasteiger partial charge is 0.362 e. The Morgan fingerprint density at radius 3 is 2.62 bits per heavy atom. The molecule has 2 aliphatic heterocycles. The van der Waals surface area contributed by atoms with Gasteiger partial charge in [0.15, 0.2) is 5.78 Å². The topological polar surface area (TPSA) is 95.5 Å². The molecule has 0 unspecified atom stereocenters. The quantitative estimate of drug-likeness (QED) is 0.651. The van der Waals surface area contributed by atoms with E-state index in [-0.39, 0.29) is 12.3 Å². The Morgan fingerprint density at radius 2 is 1.81 bits per heavy atom. The number of benzene rings is 2. The summed E-state index contributed by atoms with van der Waals surface area (Å²) in [4.78, 5) is 24.0. The van der Waals surface area contributed by atoms with Gasteiger partial charge in [0.05, 0.1) is 28.9 Å². The summed E-state index contributed by atoms with van der Waals surface area (Å²) in [5, 5.41) is 3.89. The standard InChI is InChI=1S/C23H25N5O3S/c1-16-6-8-17(9-7-16)32(30,31)28-11-3-10-27(12-13-28)15-21-25-19-5-2-4-18-20(29)14-24-23(26-21)22(18)19/h2,4-9H,3,10-15H2,1H3,(H,24,25,26). The highest BCUT2D eigenvalue weighted by Crippen LogP contribution is 2.28. The zero-order valence-electron chi connectivity index (χ0n) is 17.9. The summed E-state index contributed by atoms with van der Waals surface area (Å²) >= 11 is 0. The molecule has 166 valence electrons. The van der Waals surface area contributed by atoms with Crippen LogP contribution in [0.4, 0.5) is 5.82 Å². The second-order valence-electron chi connectivity index (χ2n) is 8.31. The molecule has 0 atom stereocenters. The number of aromatic nitrogens is 2. The Hall–Kier alpha value is -2.88. The lowest BCUT2D eigenvalue weighted by atomic mass is 10.0. The molecule has 3 aromatic rings. The molecule has 1 aromatic heterocycles. The smallest absolute Gasteiger partial charge is 0.243 e. The average Bonchev–Trinajstić information content (AvgIpc) is 3.02. The van der Waals surface area contributed by atoms with Crippen molar-refractivity contribution in [2.24, 2.45) is 0 Å². The van der Waals surface area contributed by atoms with Crippen LogP contribution < -0.4 is 5.32 Å². The van der Waals surface area contributed by atoms with Gasteiger partial charge in [-0.05, 0) is 38.1 Å². The molecule has 32 heavy (non-hydrogen) atoms. The third kappa shape index (κ3) is 3.87. The van der Waals surface area contributed by atoms with Gasteiger partial charge in [0, 0.05) is 25.2 Å². The summed E-state index contributed by atoms with van der Waals surface area (Å²) in [5.41, 5.74) is 2.45. The number of rotatable bonds is 4. The summed E-state index contributed by atoms with van der Waals surface area (Å²) in [6.07, 6.45) is 0.739. The van der Waals surface area contributed by atoms with Gasteiger partial charge >= 0.3 is 0 Å². The van der Waals surface area contributed by atoms with E-state index in [0.717, 1.165) is 29.4 Å². The summed E-state index contributed by atoms with van der Waals surface area (Å²) in [5.74, 6) is 1.40. The van der Waals surface area contributed by atoms with Crippen molar-refractivity contribution in [1.29, 1.82) is 0 Å². The van der Waals surface area contributed by atoms with E-state index in [9.17, 15) is 13.2 Å². The molecule has 1 fully saturated rings. The summed E-state index contributed by atoms with van der Waals surface area (Å²) in [6, 6.07) is 12.6. The van der Waals surface area contributed by atoms with Crippen LogP contribution in [0.3, 0.4) is 0 Å². The van der Waals surface area contributed by atoms with Crippen molar-refractivity contribution in [1.82, 2.24) is 19.2 Å². The molecule has 1 N–H and O–H groups in total. The average molecular weight is 452 g/mol. The number of Topliss-reactive ketones (excluding diaryl/α,β-unsaturated/α-hetero) is 1. The van der Waals surface area contributed by atoms with E-state index >= 15 is 0 Å².